The lowest BCUT2D eigenvalue weighted by atomic mass is 10.3. The van der Waals surface area contributed by atoms with E-state index in [0.717, 1.165) is 5.69 Å². The van der Waals surface area contributed by atoms with Gasteiger partial charge in [-0.05, 0) is 36.4 Å². The maximum Gasteiger partial charge on any atom is 0.672 e. The highest BCUT2D eigenvalue weighted by Gasteiger charge is 2.29. The van der Waals surface area contributed by atoms with Crippen molar-refractivity contribution in [1.29, 1.82) is 0 Å². The van der Waals surface area contributed by atoms with Crippen LogP contribution in [0.3, 0.4) is 0 Å². The third kappa shape index (κ3) is 4.30. The standard InChI is InChI=1S/C18H15NP.Al.2ClH/c19-17-13-7-8-14-18(17)20(15-9-3-1-4-10-15)16-11-5-2-6-12-16;;;/h1-14,19H;;2*1H/q-1;+3;;/p-1. The van der Waals surface area contributed by atoms with Crippen molar-refractivity contribution < 1.29 is 0 Å². The van der Waals surface area contributed by atoms with E-state index < -0.39 is 20.4 Å². The zero-order valence-electron chi connectivity index (χ0n) is 12.4. The van der Waals surface area contributed by atoms with Crippen LogP contribution in [0.1, 0.15) is 0 Å². The van der Waals surface area contributed by atoms with E-state index in [2.05, 4.69) is 83.2 Å². The molecule has 0 spiro atoms. The van der Waals surface area contributed by atoms with Crippen molar-refractivity contribution in [3.63, 3.8) is 0 Å². The SMILES string of the molecule is [Cl][Al]([Cl])[NH]c1ccccc1[PH+](c1ccccc1)c1ccccc1. The minimum Gasteiger partial charge on any atom is -0.448 e. The monoisotopic (exact) mass is 374 g/mol. The molecule has 0 saturated carbocycles. The molecule has 0 aliphatic heterocycles. The van der Waals surface area contributed by atoms with Gasteiger partial charge in [0.1, 0.15) is 23.8 Å². The van der Waals surface area contributed by atoms with Gasteiger partial charge in [0.2, 0.25) is 0 Å². The Morgan fingerprint density at radius 1 is 0.652 bits per heavy atom. The average molecular weight is 375 g/mol. The molecule has 0 saturated heterocycles. The van der Waals surface area contributed by atoms with Gasteiger partial charge in [-0.3, -0.25) is 0 Å². The Kier molecular flexibility index (Phi) is 6.01. The highest BCUT2D eigenvalue weighted by molar-refractivity contribution is 7.80. The summed E-state index contributed by atoms with van der Waals surface area (Å²) in [6.45, 7) is 0. The molecule has 0 heterocycles. The van der Waals surface area contributed by atoms with Crippen molar-refractivity contribution >= 4 is 62.1 Å². The zero-order chi connectivity index (χ0) is 16.1. The second-order valence-electron chi connectivity index (χ2n) is 5.10. The van der Waals surface area contributed by atoms with Crippen molar-refractivity contribution in [2.45, 2.75) is 0 Å². The van der Waals surface area contributed by atoms with E-state index in [0.29, 0.717) is 0 Å². The van der Waals surface area contributed by atoms with E-state index in [1.165, 1.54) is 15.9 Å². The Labute approximate surface area is 151 Å². The summed E-state index contributed by atoms with van der Waals surface area (Å²) in [6.07, 6.45) is 0. The fraction of sp³-hybridized carbons (Fsp3) is 0. The number of rotatable bonds is 5. The summed E-state index contributed by atoms with van der Waals surface area (Å²) >= 11 is -1.94. The van der Waals surface area contributed by atoms with Gasteiger partial charge in [0.15, 0.2) is 0 Å². The first kappa shape index (κ1) is 16.8. The Hall–Kier alpha value is -0.998. The molecule has 0 atom stereocenters. The molecule has 0 aliphatic carbocycles. The van der Waals surface area contributed by atoms with Gasteiger partial charge in [-0.25, -0.2) is 20.1 Å². The van der Waals surface area contributed by atoms with E-state index in [-0.39, 0.29) is 0 Å². The van der Waals surface area contributed by atoms with Crippen molar-refractivity contribution in [1.82, 2.24) is 0 Å². The normalized spacial score (nSPS) is 10.6. The molecule has 3 aromatic carbocycles. The molecule has 1 N–H and O–H groups in total. The van der Waals surface area contributed by atoms with Crippen LogP contribution >= 0.6 is 28.0 Å². The molecule has 3 rings (SSSR count). The van der Waals surface area contributed by atoms with Crippen molar-refractivity contribution in [2.24, 2.45) is 0 Å². The molecule has 0 aliphatic rings. The summed E-state index contributed by atoms with van der Waals surface area (Å²) in [7, 11) is 11.1. The second-order valence-corrected chi connectivity index (χ2v) is 11.7. The quantitative estimate of drug-likeness (QED) is 0.524. The second kappa shape index (κ2) is 8.20. The molecule has 0 radical (unpaired) electrons. The first-order valence-corrected chi connectivity index (χ1v) is 12.9. The lowest BCUT2D eigenvalue weighted by molar-refractivity contribution is 1.71. The average Bonchev–Trinajstić information content (AvgIpc) is 2.58. The molecule has 0 amide bonds. The van der Waals surface area contributed by atoms with Crippen molar-refractivity contribution in [3.05, 3.63) is 84.9 Å². The van der Waals surface area contributed by atoms with Gasteiger partial charge in [0.05, 0.1) is 5.69 Å². The van der Waals surface area contributed by atoms with E-state index in [4.69, 9.17) is 20.1 Å². The maximum atomic E-state index is 6.09. The predicted molar refractivity (Wildman–Crippen MR) is 108 cm³/mol. The van der Waals surface area contributed by atoms with Crippen LogP contribution in [0.5, 0.6) is 0 Å². The van der Waals surface area contributed by atoms with Crippen molar-refractivity contribution in [3.8, 4) is 0 Å². The van der Waals surface area contributed by atoms with Gasteiger partial charge in [-0.2, -0.15) is 0 Å². The molecule has 0 aromatic heterocycles. The number of halogens is 2. The largest absolute Gasteiger partial charge is 0.672 e. The molecule has 23 heavy (non-hydrogen) atoms. The molecular weight excluding hydrogens is 359 g/mol. The van der Waals surface area contributed by atoms with E-state index in [1.54, 1.807) is 0 Å². The summed E-state index contributed by atoms with van der Waals surface area (Å²) in [5.41, 5.74) is 1.05. The summed E-state index contributed by atoms with van der Waals surface area (Å²) in [5, 5.41) is 3.98. The first-order chi connectivity index (χ1) is 11.3. The summed E-state index contributed by atoms with van der Waals surface area (Å²) in [4.78, 5) is 0. The van der Waals surface area contributed by atoms with Crippen LogP contribution in [0.4, 0.5) is 5.69 Å². The highest BCUT2D eigenvalue weighted by atomic mass is 35.7. The van der Waals surface area contributed by atoms with Gasteiger partial charge >= 0.3 is 12.5 Å². The minimum absolute atomic E-state index is 1.05. The third-order valence-corrected chi connectivity index (χ3v) is 7.57. The number of para-hydroxylation sites is 1. The van der Waals surface area contributed by atoms with E-state index in [9.17, 15) is 0 Å². The van der Waals surface area contributed by atoms with Gasteiger partial charge in [0, 0.05) is 0 Å². The molecule has 0 bridgehead atoms. The number of hydrogen-bond donors (Lipinski definition) is 1. The van der Waals surface area contributed by atoms with E-state index in [1.807, 2.05) is 6.07 Å². The van der Waals surface area contributed by atoms with Crippen LogP contribution in [0.2, 0.25) is 0 Å². The Balaban J connectivity index is 2.14. The lowest BCUT2D eigenvalue weighted by Gasteiger charge is -2.15. The van der Waals surface area contributed by atoms with Crippen LogP contribution < -0.4 is 20.2 Å². The summed E-state index contributed by atoms with van der Waals surface area (Å²) < 4.78 is 3.29. The number of nitrogens with one attached hydrogen (secondary N) is 1. The van der Waals surface area contributed by atoms with Crippen LogP contribution in [0.15, 0.2) is 84.9 Å². The molecule has 3 aromatic rings. The molecule has 1 nitrogen and oxygen atoms in total. The highest BCUT2D eigenvalue weighted by Crippen LogP contribution is 2.35. The Morgan fingerprint density at radius 2 is 1.13 bits per heavy atom. The van der Waals surface area contributed by atoms with Gasteiger partial charge in [0.25, 0.3) is 0 Å². The molecule has 0 fully saturated rings. The van der Waals surface area contributed by atoms with Crippen LogP contribution in [-0.4, -0.2) is 12.5 Å². The maximum absolute atomic E-state index is 6.09. The predicted octanol–water partition coefficient (Wildman–Crippen LogP) is 4.05. The van der Waals surface area contributed by atoms with Crippen LogP contribution in [-0.2, 0) is 0 Å². The van der Waals surface area contributed by atoms with Gasteiger partial charge in [-0.15, -0.1) is 0 Å². The Morgan fingerprint density at radius 3 is 1.65 bits per heavy atom. The molecule has 0 unspecified atom stereocenters. The number of anilines is 1. The zero-order valence-corrected chi connectivity index (χ0v) is 16.1. The topological polar surface area (TPSA) is 12.0 Å². The van der Waals surface area contributed by atoms with Crippen LogP contribution in [0, 0.1) is 0 Å². The fourth-order valence-corrected chi connectivity index (χ4v) is 6.66. The molecule has 114 valence electrons. The van der Waals surface area contributed by atoms with E-state index >= 15 is 0 Å². The summed E-state index contributed by atoms with van der Waals surface area (Å²) in [5.74, 6) is 0. The Bertz CT molecular complexity index is 714. The fourth-order valence-electron chi connectivity index (χ4n) is 2.63. The van der Waals surface area contributed by atoms with Gasteiger partial charge in [-0.1, -0.05) is 48.5 Å². The molecular formula is C18H16AlCl2NP+. The third-order valence-electron chi connectivity index (χ3n) is 3.59. The number of benzene rings is 3. The van der Waals surface area contributed by atoms with Crippen molar-refractivity contribution in [2.75, 3.05) is 4.30 Å². The van der Waals surface area contributed by atoms with Gasteiger partial charge < -0.3 is 4.30 Å². The minimum atomic E-state index is -1.94. The molecule has 5 heteroatoms. The van der Waals surface area contributed by atoms with Crippen LogP contribution in [0.25, 0.3) is 0 Å². The number of hydrogen-bond acceptors (Lipinski definition) is 1. The smallest absolute Gasteiger partial charge is 0.448 e. The lowest BCUT2D eigenvalue weighted by Crippen LogP contribution is -2.25. The summed E-state index contributed by atoms with van der Waals surface area (Å²) in [6, 6.07) is 29.7. The first-order valence-electron chi connectivity index (χ1n) is 7.37.